The van der Waals surface area contributed by atoms with Gasteiger partial charge in [0, 0.05) is 26.2 Å². The summed E-state index contributed by atoms with van der Waals surface area (Å²) in [7, 11) is 0. The molecule has 2 rings (SSSR count). The van der Waals surface area contributed by atoms with Gasteiger partial charge in [0.2, 0.25) is 5.91 Å². The Hall–Kier alpha value is -1.43. The lowest BCUT2D eigenvalue weighted by Gasteiger charge is -2.26. The van der Waals surface area contributed by atoms with Gasteiger partial charge in [-0.25, -0.2) is 0 Å². The van der Waals surface area contributed by atoms with Crippen LogP contribution in [0, 0.1) is 0 Å². The summed E-state index contributed by atoms with van der Waals surface area (Å²) >= 11 is 0. The fourth-order valence-corrected chi connectivity index (χ4v) is 2.32. The van der Waals surface area contributed by atoms with Crippen LogP contribution >= 0.6 is 0 Å². The molecule has 2 N–H and O–H groups in total. The van der Waals surface area contributed by atoms with E-state index in [4.69, 9.17) is 4.74 Å². The summed E-state index contributed by atoms with van der Waals surface area (Å²) in [6.07, 6.45) is 0.946. The molecule has 1 aliphatic rings. The van der Waals surface area contributed by atoms with E-state index >= 15 is 0 Å². The molecule has 0 aromatic heterocycles. The Labute approximate surface area is 126 Å². The Morgan fingerprint density at radius 2 is 1.90 bits per heavy atom. The second kappa shape index (κ2) is 9.50. The zero-order chi connectivity index (χ0) is 14.8. The summed E-state index contributed by atoms with van der Waals surface area (Å²) in [6.45, 7) is 6.34. The van der Waals surface area contributed by atoms with Crippen LogP contribution in [0.4, 0.5) is 0 Å². The molecule has 5 heteroatoms. The molecule has 0 bridgehead atoms. The molecule has 1 saturated heterocycles. The van der Waals surface area contributed by atoms with Crippen molar-refractivity contribution in [2.45, 2.75) is 6.42 Å². The van der Waals surface area contributed by atoms with Crippen LogP contribution < -0.4 is 10.6 Å². The van der Waals surface area contributed by atoms with E-state index in [1.807, 2.05) is 18.2 Å². The quantitative estimate of drug-likeness (QED) is 0.675. The van der Waals surface area contributed by atoms with Crippen LogP contribution in [0.1, 0.15) is 5.56 Å². The van der Waals surface area contributed by atoms with Crippen molar-refractivity contribution in [2.24, 2.45) is 0 Å². The smallest absolute Gasteiger partial charge is 0.234 e. The van der Waals surface area contributed by atoms with Gasteiger partial charge in [-0.2, -0.15) is 0 Å². The molecule has 0 radical (unpaired) electrons. The third-order valence-corrected chi connectivity index (χ3v) is 3.57. The van der Waals surface area contributed by atoms with Gasteiger partial charge in [-0.15, -0.1) is 0 Å². The Bertz CT molecular complexity index is 405. The summed E-state index contributed by atoms with van der Waals surface area (Å²) in [5.74, 6) is 0.0660. The predicted octanol–water partition coefficient (Wildman–Crippen LogP) is 0.267. The maximum absolute atomic E-state index is 11.7. The number of benzene rings is 1. The predicted molar refractivity (Wildman–Crippen MR) is 83.3 cm³/mol. The molecule has 1 aromatic carbocycles. The molecule has 1 amide bonds. The number of ether oxygens (including phenoxy) is 1. The van der Waals surface area contributed by atoms with Gasteiger partial charge in [0.05, 0.1) is 19.8 Å². The van der Waals surface area contributed by atoms with Gasteiger partial charge >= 0.3 is 0 Å². The maximum Gasteiger partial charge on any atom is 0.234 e. The van der Waals surface area contributed by atoms with Gasteiger partial charge in [-0.1, -0.05) is 30.3 Å². The number of rotatable bonds is 8. The van der Waals surface area contributed by atoms with Crippen LogP contribution in [0.2, 0.25) is 0 Å². The Balaban J connectivity index is 1.47. The maximum atomic E-state index is 11.7. The minimum atomic E-state index is 0.0660. The first-order chi connectivity index (χ1) is 10.3. The number of amides is 1. The fourth-order valence-electron chi connectivity index (χ4n) is 2.32. The Morgan fingerprint density at radius 1 is 1.14 bits per heavy atom. The highest BCUT2D eigenvalue weighted by molar-refractivity contribution is 5.77. The highest BCUT2D eigenvalue weighted by Crippen LogP contribution is 1.98. The van der Waals surface area contributed by atoms with E-state index in [1.165, 1.54) is 5.56 Å². The van der Waals surface area contributed by atoms with Crippen LogP contribution in [0.5, 0.6) is 0 Å². The molecule has 1 fully saturated rings. The lowest BCUT2D eigenvalue weighted by atomic mass is 10.1. The van der Waals surface area contributed by atoms with Crippen molar-refractivity contribution < 1.29 is 9.53 Å². The van der Waals surface area contributed by atoms with E-state index < -0.39 is 0 Å². The molecule has 0 aliphatic carbocycles. The fraction of sp³-hybridized carbons (Fsp3) is 0.562. The number of nitrogens with zero attached hydrogens (tertiary/aromatic N) is 1. The number of hydrogen-bond donors (Lipinski definition) is 2. The largest absolute Gasteiger partial charge is 0.379 e. The second-order valence-corrected chi connectivity index (χ2v) is 5.22. The molecular formula is C16H25N3O2. The van der Waals surface area contributed by atoms with E-state index in [0.29, 0.717) is 13.1 Å². The molecule has 116 valence electrons. The molecule has 1 heterocycles. The van der Waals surface area contributed by atoms with Gasteiger partial charge < -0.3 is 15.4 Å². The van der Waals surface area contributed by atoms with Crippen LogP contribution in [-0.2, 0) is 16.0 Å². The molecule has 1 aliphatic heterocycles. The average molecular weight is 291 g/mol. The molecule has 0 saturated carbocycles. The summed E-state index contributed by atoms with van der Waals surface area (Å²) in [5.41, 5.74) is 1.29. The van der Waals surface area contributed by atoms with Crippen molar-refractivity contribution in [3.05, 3.63) is 35.9 Å². The highest BCUT2D eigenvalue weighted by Gasteiger charge is 2.09. The number of hydrogen-bond acceptors (Lipinski definition) is 4. The van der Waals surface area contributed by atoms with Crippen molar-refractivity contribution in [1.82, 2.24) is 15.5 Å². The van der Waals surface area contributed by atoms with E-state index in [0.717, 1.165) is 45.8 Å². The van der Waals surface area contributed by atoms with Crippen LogP contribution in [-0.4, -0.2) is 63.3 Å². The normalized spacial score (nSPS) is 15.8. The van der Waals surface area contributed by atoms with E-state index in [9.17, 15) is 4.79 Å². The zero-order valence-corrected chi connectivity index (χ0v) is 12.5. The van der Waals surface area contributed by atoms with Crippen LogP contribution in [0.25, 0.3) is 0 Å². The second-order valence-electron chi connectivity index (χ2n) is 5.22. The summed E-state index contributed by atoms with van der Waals surface area (Å²) in [4.78, 5) is 14.0. The van der Waals surface area contributed by atoms with Gasteiger partial charge in [-0.05, 0) is 18.5 Å². The number of carbonyl (C=O) groups is 1. The molecular weight excluding hydrogens is 266 g/mol. The van der Waals surface area contributed by atoms with Crippen LogP contribution in [0.15, 0.2) is 30.3 Å². The molecule has 0 atom stereocenters. The number of nitrogens with one attached hydrogen (secondary N) is 2. The van der Waals surface area contributed by atoms with Crippen molar-refractivity contribution in [3.8, 4) is 0 Å². The minimum absolute atomic E-state index is 0.0660. The monoisotopic (exact) mass is 291 g/mol. The van der Waals surface area contributed by atoms with E-state index in [-0.39, 0.29) is 5.91 Å². The SMILES string of the molecule is O=C(CNCCc1ccccc1)NCCN1CCOCC1. The summed E-state index contributed by atoms with van der Waals surface area (Å²) in [5, 5.41) is 6.12. The third kappa shape index (κ3) is 6.71. The van der Waals surface area contributed by atoms with Crippen molar-refractivity contribution in [3.63, 3.8) is 0 Å². The zero-order valence-electron chi connectivity index (χ0n) is 12.5. The molecule has 0 spiro atoms. The van der Waals surface area contributed by atoms with Gasteiger partial charge in [0.1, 0.15) is 0 Å². The number of morpholine rings is 1. The van der Waals surface area contributed by atoms with Crippen molar-refractivity contribution in [2.75, 3.05) is 52.5 Å². The third-order valence-electron chi connectivity index (χ3n) is 3.57. The molecule has 21 heavy (non-hydrogen) atoms. The van der Waals surface area contributed by atoms with Gasteiger partial charge in [0.25, 0.3) is 0 Å². The first kappa shape index (κ1) is 15.9. The lowest BCUT2D eigenvalue weighted by Crippen LogP contribution is -2.43. The molecule has 5 nitrogen and oxygen atoms in total. The van der Waals surface area contributed by atoms with E-state index in [1.54, 1.807) is 0 Å². The van der Waals surface area contributed by atoms with Crippen LogP contribution in [0.3, 0.4) is 0 Å². The highest BCUT2D eigenvalue weighted by atomic mass is 16.5. The van der Waals surface area contributed by atoms with Gasteiger partial charge in [0.15, 0.2) is 0 Å². The molecule has 0 unspecified atom stereocenters. The summed E-state index contributed by atoms with van der Waals surface area (Å²) < 4.78 is 5.29. The van der Waals surface area contributed by atoms with Crippen molar-refractivity contribution in [1.29, 1.82) is 0 Å². The lowest BCUT2D eigenvalue weighted by molar-refractivity contribution is -0.120. The Morgan fingerprint density at radius 3 is 2.67 bits per heavy atom. The average Bonchev–Trinajstić information content (AvgIpc) is 2.54. The minimum Gasteiger partial charge on any atom is -0.379 e. The van der Waals surface area contributed by atoms with Gasteiger partial charge in [-0.3, -0.25) is 9.69 Å². The van der Waals surface area contributed by atoms with E-state index in [2.05, 4.69) is 27.7 Å². The Kier molecular flexibility index (Phi) is 7.21. The molecule has 1 aromatic rings. The number of carbonyl (C=O) groups excluding carboxylic acids is 1. The van der Waals surface area contributed by atoms with Crippen molar-refractivity contribution >= 4 is 5.91 Å². The standard InChI is InChI=1S/C16H25N3O2/c20-16(18-8-9-19-10-12-21-13-11-19)14-17-7-6-15-4-2-1-3-5-15/h1-5,17H,6-14H2,(H,18,20). The first-order valence-electron chi connectivity index (χ1n) is 7.66. The summed E-state index contributed by atoms with van der Waals surface area (Å²) in [6, 6.07) is 10.3. The topological polar surface area (TPSA) is 53.6 Å². The first-order valence-corrected chi connectivity index (χ1v) is 7.66.